The van der Waals surface area contributed by atoms with Gasteiger partial charge < -0.3 is 14.2 Å². The highest BCUT2D eigenvalue weighted by molar-refractivity contribution is 5.71. The van der Waals surface area contributed by atoms with Crippen LogP contribution in [-0.2, 0) is 28.6 Å². The molecule has 6 nitrogen and oxygen atoms in total. The number of allylic oxidation sites excluding steroid dienone is 24. The summed E-state index contributed by atoms with van der Waals surface area (Å²) in [6.45, 7) is 6.18. The minimum absolute atomic E-state index is 0.125. The molecule has 0 aliphatic carbocycles. The summed E-state index contributed by atoms with van der Waals surface area (Å²) in [5.41, 5.74) is 0. The third kappa shape index (κ3) is 50.3. The van der Waals surface area contributed by atoms with Crippen molar-refractivity contribution in [2.24, 2.45) is 0 Å². The first kappa shape index (κ1) is 61.3. The van der Waals surface area contributed by atoms with Crippen molar-refractivity contribution < 1.29 is 28.6 Å². The van der Waals surface area contributed by atoms with Crippen LogP contribution in [0.5, 0.6) is 0 Å². The Bertz CT molecular complexity index is 1510. The Morgan fingerprint density at radius 3 is 0.909 bits per heavy atom. The second kappa shape index (κ2) is 52.9. The second-order valence-corrected chi connectivity index (χ2v) is 16.3. The molecule has 0 spiro atoms. The molecule has 0 heterocycles. The molecule has 0 saturated heterocycles. The van der Waals surface area contributed by atoms with Crippen molar-refractivity contribution in [1.82, 2.24) is 0 Å². The minimum atomic E-state index is -0.833. The van der Waals surface area contributed by atoms with Crippen LogP contribution in [-0.4, -0.2) is 37.2 Å². The van der Waals surface area contributed by atoms with E-state index < -0.39 is 6.10 Å². The molecule has 0 N–H and O–H groups in total. The number of hydrogen-bond acceptors (Lipinski definition) is 6. The zero-order valence-electron chi connectivity index (χ0n) is 41.9. The fraction of sp³-hybridized carbons (Fsp3) is 0.550. The third-order valence-electron chi connectivity index (χ3n) is 10.1. The summed E-state index contributed by atoms with van der Waals surface area (Å²) < 4.78 is 16.7. The lowest BCUT2D eigenvalue weighted by Gasteiger charge is -2.18. The summed E-state index contributed by atoms with van der Waals surface area (Å²) >= 11 is 0. The number of hydrogen-bond donors (Lipinski definition) is 0. The van der Waals surface area contributed by atoms with Gasteiger partial charge in [0.1, 0.15) is 13.2 Å². The normalized spacial score (nSPS) is 13.3. The van der Waals surface area contributed by atoms with E-state index in [4.69, 9.17) is 14.2 Å². The van der Waals surface area contributed by atoms with E-state index >= 15 is 0 Å². The Labute approximate surface area is 404 Å². The topological polar surface area (TPSA) is 78.9 Å². The van der Waals surface area contributed by atoms with E-state index in [2.05, 4.69) is 167 Å². The van der Waals surface area contributed by atoms with Gasteiger partial charge in [-0.1, -0.05) is 192 Å². The van der Waals surface area contributed by atoms with Gasteiger partial charge in [0.25, 0.3) is 0 Å². The number of unbranched alkanes of at least 4 members (excludes halogenated alkanes) is 9. The fourth-order valence-electron chi connectivity index (χ4n) is 6.30. The molecule has 0 rings (SSSR count). The first-order valence-electron chi connectivity index (χ1n) is 25.8. The van der Waals surface area contributed by atoms with Crippen molar-refractivity contribution >= 4 is 17.9 Å². The average molecular weight is 909 g/mol. The van der Waals surface area contributed by atoms with Gasteiger partial charge in [0.15, 0.2) is 6.10 Å². The molecule has 0 fully saturated rings. The van der Waals surface area contributed by atoms with E-state index in [1.807, 2.05) is 0 Å². The molecule has 0 aromatic carbocycles. The van der Waals surface area contributed by atoms with Gasteiger partial charge in [0.05, 0.1) is 0 Å². The number of esters is 3. The maximum atomic E-state index is 12.8. The molecule has 1 atom stereocenters. The molecular formula is C60H92O6. The summed E-state index contributed by atoms with van der Waals surface area (Å²) in [5.74, 6) is -1.04. The number of ether oxygens (including phenoxy) is 3. The molecule has 0 aromatic heterocycles. The molecule has 0 aliphatic rings. The van der Waals surface area contributed by atoms with Crippen LogP contribution in [0.4, 0.5) is 0 Å². The quantitative estimate of drug-likeness (QED) is 0.0262. The molecule has 0 aliphatic heterocycles. The molecule has 6 heteroatoms. The first-order chi connectivity index (χ1) is 32.5. The monoisotopic (exact) mass is 909 g/mol. The Morgan fingerprint density at radius 2 is 0.561 bits per heavy atom. The Balaban J connectivity index is 4.58. The predicted octanol–water partition coefficient (Wildman–Crippen LogP) is 17.3. The molecule has 0 bridgehead atoms. The molecular weight excluding hydrogens is 817 g/mol. The maximum Gasteiger partial charge on any atom is 0.306 e. The maximum absolute atomic E-state index is 12.8. The molecule has 66 heavy (non-hydrogen) atoms. The Kier molecular flexibility index (Phi) is 49.1. The van der Waals surface area contributed by atoms with Gasteiger partial charge in [-0.2, -0.15) is 0 Å². The van der Waals surface area contributed by atoms with Crippen LogP contribution < -0.4 is 0 Å². The summed E-state index contributed by atoms with van der Waals surface area (Å²) in [7, 11) is 0. The first-order valence-corrected chi connectivity index (χ1v) is 25.8. The van der Waals surface area contributed by atoms with Crippen LogP contribution in [0.3, 0.4) is 0 Å². The highest BCUT2D eigenvalue weighted by Crippen LogP contribution is 2.11. The molecule has 0 amide bonds. The van der Waals surface area contributed by atoms with Crippen LogP contribution in [0.1, 0.15) is 194 Å². The van der Waals surface area contributed by atoms with Crippen molar-refractivity contribution in [2.45, 2.75) is 200 Å². The average Bonchev–Trinajstić information content (AvgIpc) is 3.31. The van der Waals surface area contributed by atoms with Gasteiger partial charge >= 0.3 is 17.9 Å². The second-order valence-electron chi connectivity index (χ2n) is 16.3. The Hall–Kier alpha value is -4.71. The van der Waals surface area contributed by atoms with E-state index in [-0.39, 0.29) is 37.5 Å². The number of carbonyl (C=O) groups excluding carboxylic acids is 3. The third-order valence-corrected chi connectivity index (χ3v) is 10.1. The van der Waals surface area contributed by atoms with Crippen molar-refractivity contribution in [3.8, 4) is 0 Å². The van der Waals surface area contributed by atoms with E-state index in [0.29, 0.717) is 19.3 Å². The van der Waals surface area contributed by atoms with Crippen molar-refractivity contribution in [2.75, 3.05) is 13.2 Å². The Morgan fingerprint density at radius 1 is 0.303 bits per heavy atom. The van der Waals surface area contributed by atoms with Crippen LogP contribution in [0, 0.1) is 0 Å². The van der Waals surface area contributed by atoms with Gasteiger partial charge in [-0.25, -0.2) is 0 Å². The molecule has 368 valence electrons. The molecule has 0 aromatic rings. The summed E-state index contributed by atoms with van der Waals surface area (Å²) in [4.78, 5) is 38.0. The van der Waals surface area contributed by atoms with Crippen LogP contribution in [0.15, 0.2) is 146 Å². The lowest BCUT2D eigenvalue weighted by atomic mass is 10.1. The fourth-order valence-corrected chi connectivity index (χ4v) is 6.30. The van der Waals surface area contributed by atoms with Crippen molar-refractivity contribution in [1.29, 1.82) is 0 Å². The van der Waals surface area contributed by atoms with E-state index in [1.54, 1.807) is 0 Å². The summed E-state index contributed by atoms with van der Waals surface area (Å²) in [5, 5.41) is 0. The smallest absolute Gasteiger partial charge is 0.306 e. The van der Waals surface area contributed by atoms with Crippen LogP contribution in [0.25, 0.3) is 0 Å². The van der Waals surface area contributed by atoms with Crippen LogP contribution in [0.2, 0.25) is 0 Å². The molecule has 1 unspecified atom stereocenters. The number of rotatable bonds is 44. The van der Waals surface area contributed by atoms with Gasteiger partial charge in [-0.3, -0.25) is 14.4 Å². The lowest BCUT2D eigenvalue weighted by molar-refractivity contribution is -0.167. The lowest BCUT2D eigenvalue weighted by Crippen LogP contribution is -2.30. The standard InChI is InChI=1S/C60H92O6/c1-4-7-10-13-16-19-22-25-27-29-30-32-33-35-38-41-44-47-50-53-59(62)65-56-57(55-64-58(61)52-49-46-43-40-37-24-21-18-15-12-9-6-3)66-60(63)54-51-48-45-42-39-36-34-31-28-26-23-20-17-14-11-8-5-2/h7-12,16-21,25-28,30,32,34-36,38,42,45,57H,4-6,13-15,22-24,29,31,33,37,39-41,43-44,46-56H2,1-3H3/b10-7-,11-8-,12-9-,19-16-,20-17-,21-18-,27-25-,28-26-,32-30-,36-34-,38-35-,45-42-. The SMILES string of the molecule is CC/C=C\C/C=C\C/C=C\C/C=C\C/C=C\CCCCCC(=O)OCC(COC(=O)CCCCCCC/C=C\C/C=C\CC)OC(=O)CCC/C=C\C/C=C\C/C=C\C/C=C\C/C=C\CC. The predicted molar refractivity (Wildman–Crippen MR) is 283 cm³/mol. The van der Waals surface area contributed by atoms with E-state index in [9.17, 15) is 14.4 Å². The van der Waals surface area contributed by atoms with Crippen molar-refractivity contribution in [3.63, 3.8) is 0 Å². The molecule has 0 radical (unpaired) electrons. The summed E-state index contributed by atoms with van der Waals surface area (Å²) in [6, 6.07) is 0. The minimum Gasteiger partial charge on any atom is -0.462 e. The zero-order valence-corrected chi connectivity index (χ0v) is 41.9. The van der Waals surface area contributed by atoms with E-state index in [0.717, 1.165) is 148 Å². The van der Waals surface area contributed by atoms with Gasteiger partial charge in [-0.15, -0.1) is 0 Å². The van der Waals surface area contributed by atoms with Crippen molar-refractivity contribution in [3.05, 3.63) is 146 Å². The van der Waals surface area contributed by atoms with Gasteiger partial charge in [0.2, 0.25) is 0 Å². The van der Waals surface area contributed by atoms with Gasteiger partial charge in [0, 0.05) is 19.3 Å². The largest absolute Gasteiger partial charge is 0.462 e. The highest BCUT2D eigenvalue weighted by atomic mass is 16.6. The zero-order chi connectivity index (χ0) is 47.9. The van der Waals surface area contributed by atoms with Gasteiger partial charge in [-0.05, 0) is 128 Å². The highest BCUT2D eigenvalue weighted by Gasteiger charge is 2.19. The van der Waals surface area contributed by atoms with Crippen LogP contribution >= 0.6 is 0 Å². The molecule has 0 saturated carbocycles. The number of carbonyl (C=O) groups is 3. The van der Waals surface area contributed by atoms with E-state index in [1.165, 1.54) is 0 Å². The summed E-state index contributed by atoms with van der Waals surface area (Å²) in [6.07, 6.45) is 75.5.